The van der Waals surface area contributed by atoms with Crippen LogP contribution in [0.1, 0.15) is 10.4 Å². The lowest BCUT2D eigenvalue weighted by Gasteiger charge is -2.07. The maximum absolute atomic E-state index is 12.8. The van der Waals surface area contributed by atoms with E-state index in [1.807, 2.05) is 0 Å². The molecule has 3 aromatic rings. The summed E-state index contributed by atoms with van der Waals surface area (Å²) in [6, 6.07) is 8.90. The molecule has 0 bridgehead atoms. The molecule has 0 spiro atoms. The van der Waals surface area contributed by atoms with Gasteiger partial charge in [-0.15, -0.1) is 0 Å². The third-order valence-electron chi connectivity index (χ3n) is 3.55. The number of carbonyl (C=O) groups excluding carboxylic acids is 1. The quantitative estimate of drug-likeness (QED) is 0.395. The molecule has 0 aliphatic rings. The van der Waals surface area contributed by atoms with Crippen molar-refractivity contribution in [3.05, 3.63) is 64.5 Å². The standard InChI is InChI=1S/C15H11N3O6S/c1-24-15(19)13-11-7-8-17(14(11)16-9-12(13)18(20)21)25(22,23)10-5-3-2-4-6-10/h2-9H,1H3. The fraction of sp³-hybridized carbons (Fsp3) is 0.0667. The van der Waals surface area contributed by atoms with Crippen molar-refractivity contribution in [1.29, 1.82) is 0 Å². The van der Waals surface area contributed by atoms with E-state index in [4.69, 9.17) is 0 Å². The molecule has 10 heteroatoms. The number of benzene rings is 1. The van der Waals surface area contributed by atoms with Crippen molar-refractivity contribution in [2.24, 2.45) is 0 Å². The molecule has 0 aliphatic carbocycles. The molecular formula is C15H11N3O6S. The number of aromatic nitrogens is 2. The van der Waals surface area contributed by atoms with Crippen LogP contribution in [0.4, 0.5) is 5.69 Å². The molecule has 1 aromatic carbocycles. The first-order valence-corrected chi connectivity index (χ1v) is 8.35. The third-order valence-corrected chi connectivity index (χ3v) is 5.23. The number of hydrogen-bond acceptors (Lipinski definition) is 7. The highest BCUT2D eigenvalue weighted by Crippen LogP contribution is 2.29. The number of esters is 1. The largest absolute Gasteiger partial charge is 0.465 e. The Bertz CT molecular complexity index is 1090. The lowest BCUT2D eigenvalue weighted by molar-refractivity contribution is -0.385. The SMILES string of the molecule is COC(=O)c1c([N+](=O)[O-])cnc2c1ccn2S(=O)(=O)c1ccccc1. The Kier molecular flexibility index (Phi) is 3.97. The minimum atomic E-state index is -3.97. The predicted molar refractivity (Wildman–Crippen MR) is 86.8 cm³/mol. The van der Waals surface area contributed by atoms with E-state index >= 15 is 0 Å². The van der Waals surface area contributed by atoms with Gasteiger partial charge in [-0.05, 0) is 18.2 Å². The lowest BCUT2D eigenvalue weighted by atomic mass is 10.1. The summed E-state index contributed by atoms with van der Waals surface area (Å²) in [5, 5.41) is 11.2. The van der Waals surface area contributed by atoms with E-state index in [0.29, 0.717) is 0 Å². The first-order valence-electron chi connectivity index (χ1n) is 6.91. The maximum atomic E-state index is 12.8. The van der Waals surface area contributed by atoms with Gasteiger partial charge in [-0.3, -0.25) is 10.1 Å². The fourth-order valence-corrected chi connectivity index (χ4v) is 3.73. The molecule has 0 atom stereocenters. The summed E-state index contributed by atoms with van der Waals surface area (Å²) in [5.74, 6) is -0.950. The first kappa shape index (κ1) is 16.6. The normalized spacial score (nSPS) is 11.4. The first-order chi connectivity index (χ1) is 11.9. The Balaban J connectivity index is 2.31. The number of pyridine rings is 1. The average Bonchev–Trinajstić information content (AvgIpc) is 3.05. The molecule has 2 heterocycles. The molecule has 0 unspecified atom stereocenters. The highest BCUT2D eigenvalue weighted by atomic mass is 32.2. The van der Waals surface area contributed by atoms with Crippen molar-refractivity contribution in [3.8, 4) is 0 Å². The van der Waals surface area contributed by atoms with Gasteiger partial charge in [0.2, 0.25) is 0 Å². The zero-order valence-corrected chi connectivity index (χ0v) is 13.6. The topological polar surface area (TPSA) is 121 Å². The van der Waals surface area contributed by atoms with Gasteiger partial charge >= 0.3 is 11.7 Å². The predicted octanol–water partition coefficient (Wildman–Crippen LogP) is 1.97. The van der Waals surface area contributed by atoms with Crippen LogP contribution in [0.5, 0.6) is 0 Å². The van der Waals surface area contributed by atoms with Gasteiger partial charge in [0.1, 0.15) is 11.8 Å². The number of hydrogen-bond donors (Lipinski definition) is 0. The summed E-state index contributed by atoms with van der Waals surface area (Å²) in [7, 11) is -2.89. The van der Waals surface area contributed by atoms with Crippen LogP contribution in [0.2, 0.25) is 0 Å². The van der Waals surface area contributed by atoms with Crippen molar-refractivity contribution in [3.63, 3.8) is 0 Å². The second kappa shape index (κ2) is 5.98. The zero-order valence-electron chi connectivity index (χ0n) is 12.8. The molecule has 0 amide bonds. The van der Waals surface area contributed by atoms with Crippen molar-refractivity contribution >= 4 is 32.7 Å². The van der Waals surface area contributed by atoms with E-state index in [0.717, 1.165) is 17.3 Å². The monoisotopic (exact) mass is 361 g/mol. The average molecular weight is 361 g/mol. The van der Waals surface area contributed by atoms with Gasteiger partial charge in [0.15, 0.2) is 5.65 Å². The summed E-state index contributed by atoms with van der Waals surface area (Å²) in [4.78, 5) is 26.2. The molecular weight excluding hydrogens is 350 g/mol. The number of carbonyl (C=O) groups is 1. The van der Waals surface area contributed by atoms with Gasteiger partial charge in [0.05, 0.1) is 16.9 Å². The van der Waals surface area contributed by atoms with E-state index in [2.05, 4.69) is 9.72 Å². The van der Waals surface area contributed by atoms with E-state index in [1.165, 1.54) is 24.4 Å². The zero-order chi connectivity index (χ0) is 18.2. The molecule has 128 valence electrons. The molecule has 9 nitrogen and oxygen atoms in total. The van der Waals surface area contributed by atoms with E-state index < -0.39 is 26.6 Å². The van der Waals surface area contributed by atoms with E-state index in [1.54, 1.807) is 18.2 Å². The van der Waals surface area contributed by atoms with Crippen molar-refractivity contribution in [1.82, 2.24) is 8.96 Å². The maximum Gasteiger partial charge on any atom is 0.345 e. The summed E-state index contributed by atoms with van der Waals surface area (Å²) in [6.07, 6.45) is 2.03. The van der Waals surface area contributed by atoms with Crippen LogP contribution >= 0.6 is 0 Å². The molecule has 25 heavy (non-hydrogen) atoms. The molecule has 0 saturated carbocycles. The van der Waals surface area contributed by atoms with E-state index in [9.17, 15) is 23.3 Å². The molecule has 0 radical (unpaired) electrons. The van der Waals surface area contributed by atoms with Crippen LogP contribution in [0.25, 0.3) is 11.0 Å². The number of ether oxygens (including phenoxy) is 1. The number of nitro groups is 1. The van der Waals surface area contributed by atoms with Gasteiger partial charge in [0, 0.05) is 11.6 Å². The Labute approximate surface area is 141 Å². The highest BCUT2D eigenvalue weighted by molar-refractivity contribution is 7.90. The summed E-state index contributed by atoms with van der Waals surface area (Å²) in [5.41, 5.74) is -1.01. The Morgan fingerprint density at radius 2 is 1.92 bits per heavy atom. The van der Waals surface area contributed by atoms with Crippen molar-refractivity contribution in [2.45, 2.75) is 4.90 Å². The summed E-state index contributed by atoms with van der Waals surface area (Å²) in [6.45, 7) is 0. The Morgan fingerprint density at radius 1 is 1.24 bits per heavy atom. The van der Waals surface area contributed by atoms with Gasteiger partial charge in [-0.1, -0.05) is 18.2 Å². The second-order valence-electron chi connectivity index (χ2n) is 4.93. The fourth-order valence-electron chi connectivity index (χ4n) is 2.41. The molecule has 0 saturated heterocycles. The lowest BCUT2D eigenvalue weighted by Crippen LogP contribution is -2.13. The van der Waals surface area contributed by atoms with Crippen LogP contribution in [0.15, 0.2) is 53.7 Å². The smallest absolute Gasteiger partial charge is 0.345 e. The summed E-state index contributed by atoms with van der Waals surface area (Å²) >= 11 is 0. The van der Waals surface area contributed by atoms with Crippen LogP contribution in [-0.2, 0) is 14.8 Å². The van der Waals surface area contributed by atoms with Crippen LogP contribution < -0.4 is 0 Å². The molecule has 0 aliphatic heterocycles. The molecule has 3 rings (SSSR count). The second-order valence-corrected chi connectivity index (χ2v) is 6.75. The Hall–Kier alpha value is -3.27. The van der Waals surface area contributed by atoms with Gasteiger partial charge < -0.3 is 4.74 Å². The van der Waals surface area contributed by atoms with Crippen molar-refractivity contribution in [2.75, 3.05) is 7.11 Å². The number of rotatable bonds is 4. The van der Waals surface area contributed by atoms with Crippen LogP contribution in [0, 0.1) is 10.1 Å². The number of fused-ring (bicyclic) bond motifs is 1. The molecule has 2 aromatic heterocycles. The third kappa shape index (κ3) is 2.62. The Morgan fingerprint density at radius 3 is 2.52 bits per heavy atom. The van der Waals surface area contributed by atoms with E-state index in [-0.39, 0.29) is 21.5 Å². The minimum Gasteiger partial charge on any atom is -0.465 e. The van der Waals surface area contributed by atoms with Crippen LogP contribution in [-0.4, -0.2) is 35.4 Å². The van der Waals surface area contributed by atoms with Gasteiger partial charge in [-0.25, -0.2) is 22.2 Å². The van der Waals surface area contributed by atoms with Crippen LogP contribution in [0.3, 0.4) is 0 Å². The number of methoxy groups -OCH3 is 1. The number of nitrogens with zero attached hydrogens (tertiary/aromatic N) is 3. The van der Waals surface area contributed by atoms with Crippen molar-refractivity contribution < 1.29 is 22.9 Å². The molecule has 0 fully saturated rings. The van der Waals surface area contributed by atoms with Gasteiger partial charge in [-0.2, -0.15) is 0 Å². The summed E-state index contributed by atoms with van der Waals surface area (Å²) < 4.78 is 31.0. The molecule has 0 N–H and O–H groups in total. The highest BCUT2D eigenvalue weighted by Gasteiger charge is 2.28. The minimum absolute atomic E-state index is 0.0144. The van der Waals surface area contributed by atoms with Gasteiger partial charge in [0.25, 0.3) is 10.0 Å².